The molecule has 1 aromatic rings. The second-order valence-corrected chi connectivity index (χ2v) is 7.56. The van der Waals surface area contributed by atoms with Crippen LogP contribution in [0.3, 0.4) is 0 Å². The molecular formula is C14H18BrNO2S. The van der Waals surface area contributed by atoms with Gasteiger partial charge in [-0.2, -0.15) is 4.31 Å². The molecule has 0 spiro atoms. The molecule has 1 aliphatic carbocycles. The average Bonchev–Trinajstić information content (AvgIpc) is 2.89. The molecule has 104 valence electrons. The molecule has 1 aliphatic rings. The summed E-state index contributed by atoms with van der Waals surface area (Å²) in [5.41, 5.74) is 0. The molecule has 0 unspecified atom stereocenters. The molecule has 3 nitrogen and oxygen atoms in total. The third kappa shape index (κ3) is 3.27. The van der Waals surface area contributed by atoms with E-state index in [2.05, 4.69) is 22.5 Å². The van der Waals surface area contributed by atoms with E-state index in [9.17, 15) is 8.42 Å². The third-order valence-electron chi connectivity index (χ3n) is 3.46. The highest BCUT2D eigenvalue weighted by Crippen LogP contribution is 2.29. The smallest absolute Gasteiger partial charge is 0.207 e. The maximum atomic E-state index is 12.7. The number of halogens is 1. The van der Waals surface area contributed by atoms with Crippen LogP contribution in [-0.2, 0) is 10.0 Å². The van der Waals surface area contributed by atoms with Crippen LogP contribution in [0.15, 0.2) is 46.3 Å². The first-order valence-electron chi connectivity index (χ1n) is 6.44. The van der Waals surface area contributed by atoms with Crippen molar-refractivity contribution in [3.05, 3.63) is 41.4 Å². The Balaban J connectivity index is 2.33. The maximum absolute atomic E-state index is 12.7. The topological polar surface area (TPSA) is 37.4 Å². The van der Waals surface area contributed by atoms with Crippen LogP contribution in [0.25, 0.3) is 0 Å². The Morgan fingerprint density at radius 2 is 1.84 bits per heavy atom. The van der Waals surface area contributed by atoms with Gasteiger partial charge in [0.15, 0.2) is 0 Å². The van der Waals surface area contributed by atoms with Gasteiger partial charge in [0.25, 0.3) is 0 Å². The zero-order valence-corrected chi connectivity index (χ0v) is 13.2. The first kappa shape index (κ1) is 14.8. The van der Waals surface area contributed by atoms with Crippen LogP contribution in [0.2, 0.25) is 0 Å². The van der Waals surface area contributed by atoms with Gasteiger partial charge in [0.1, 0.15) is 0 Å². The van der Waals surface area contributed by atoms with Crippen LogP contribution in [0.1, 0.15) is 25.7 Å². The van der Waals surface area contributed by atoms with Gasteiger partial charge in [-0.05, 0) is 37.1 Å². The van der Waals surface area contributed by atoms with E-state index in [4.69, 9.17) is 0 Å². The largest absolute Gasteiger partial charge is 0.243 e. The SMILES string of the molecule is C=CCN(C1CCCC1)S(=O)(=O)c1ccc(Br)cc1. The standard InChI is InChI=1S/C14H18BrNO2S/c1-2-11-16(13-5-3-4-6-13)19(17,18)14-9-7-12(15)8-10-14/h2,7-10,13H,1,3-6,11H2. The van der Waals surface area contributed by atoms with E-state index in [0.717, 1.165) is 30.2 Å². The van der Waals surface area contributed by atoms with Crippen molar-refractivity contribution in [3.63, 3.8) is 0 Å². The molecule has 1 saturated carbocycles. The van der Waals surface area contributed by atoms with Crippen molar-refractivity contribution in [3.8, 4) is 0 Å². The van der Waals surface area contributed by atoms with Gasteiger partial charge in [-0.3, -0.25) is 0 Å². The summed E-state index contributed by atoms with van der Waals surface area (Å²) in [6, 6.07) is 6.92. The third-order valence-corrected chi connectivity index (χ3v) is 5.92. The van der Waals surface area contributed by atoms with Gasteiger partial charge < -0.3 is 0 Å². The van der Waals surface area contributed by atoms with E-state index in [0.29, 0.717) is 11.4 Å². The van der Waals surface area contributed by atoms with Gasteiger partial charge in [0, 0.05) is 17.1 Å². The van der Waals surface area contributed by atoms with Crippen molar-refractivity contribution in [2.75, 3.05) is 6.54 Å². The molecule has 0 atom stereocenters. The first-order valence-corrected chi connectivity index (χ1v) is 8.67. The molecule has 5 heteroatoms. The average molecular weight is 344 g/mol. The lowest BCUT2D eigenvalue weighted by Gasteiger charge is -2.26. The summed E-state index contributed by atoms with van der Waals surface area (Å²) >= 11 is 3.32. The molecule has 0 aromatic heterocycles. The Morgan fingerprint density at radius 1 is 1.26 bits per heavy atom. The minimum absolute atomic E-state index is 0.117. The normalized spacial score (nSPS) is 16.9. The molecule has 0 heterocycles. The summed E-state index contributed by atoms with van der Waals surface area (Å²) in [4.78, 5) is 0.351. The molecule has 19 heavy (non-hydrogen) atoms. The quantitative estimate of drug-likeness (QED) is 0.766. The van der Waals surface area contributed by atoms with Crippen LogP contribution in [0.4, 0.5) is 0 Å². The van der Waals surface area contributed by atoms with E-state index in [1.54, 1.807) is 34.6 Å². The van der Waals surface area contributed by atoms with E-state index < -0.39 is 10.0 Å². The fourth-order valence-corrected chi connectivity index (χ4v) is 4.43. The fraction of sp³-hybridized carbons (Fsp3) is 0.429. The van der Waals surface area contributed by atoms with Crippen LogP contribution in [0, 0.1) is 0 Å². The number of nitrogens with zero attached hydrogens (tertiary/aromatic N) is 1. The summed E-state index contributed by atoms with van der Waals surface area (Å²) in [5.74, 6) is 0. The monoisotopic (exact) mass is 343 g/mol. The maximum Gasteiger partial charge on any atom is 0.243 e. The highest BCUT2D eigenvalue weighted by molar-refractivity contribution is 9.10. The van der Waals surface area contributed by atoms with Gasteiger partial charge in [0.2, 0.25) is 10.0 Å². The molecule has 0 amide bonds. The van der Waals surface area contributed by atoms with Crippen LogP contribution in [0.5, 0.6) is 0 Å². The Morgan fingerprint density at radius 3 is 2.37 bits per heavy atom. The minimum Gasteiger partial charge on any atom is -0.207 e. The lowest BCUT2D eigenvalue weighted by molar-refractivity contribution is 0.347. The van der Waals surface area contributed by atoms with Gasteiger partial charge in [-0.15, -0.1) is 6.58 Å². The van der Waals surface area contributed by atoms with E-state index in [1.165, 1.54) is 0 Å². The molecule has 0 bridgehead atoms. The Labute approximate surface area is 123 Å². The summed E-state index contributed by atoms with van der Waals surface area (Å²) in [5, 5.41) is 0. The number of sulfonamides is 1. The Hall–Kier alpha value is -0.650. The highest BCUT2D eigenvalue weighted by atomic mass is 79.9. The lowest BCUT2D eigenvalue weighted by atomic mass is 10.2. The number of hydrogen-bond acceptors (Lipinski definition) is 2. The predicted octanol–water partition coefficient (Wildman–Crippen LogP) is 3.57. The van der Waals surface area contributed by atoms with Crippen LogP contribution >= 0.6 is 15.9 Å². The van der Waals surface area contributed by atoms with Crippen molar-refractivity contribution in [2.45, 2.75) is 36.6 Å². The number of rotatable bonds is 5. The fourth-order valence-electron chi connectivity index (χ4n) is 2.50. The number of benzene rings is 1. The molecule has 0 saturated heterocycles. The Kier molecular flexibility index (Phi) is 4.81. The Bertz CT molecular complexity index is 533. The lowest BCUT2D eigenvalue weighted by Crippen LogP contribution is -2.38. The summed E-state index contributed by atoms with van der Waals surface area (Å²) in [6.45, 7) is 4.06. The second kappa shape index (κ2) is 6.20. The summed E-state index contributed by atoms with van der Waals surface area (Å²) < 4.78 is 27.8. The van der Waals surface area contributed by atoms with Gasteiger partial charge in [-0.1, -0.05) is 34.8 Å². The minimum atomic E-state index is -3.42. The van der Waals surface area contributed by atoms with Gasteiger partial charge in [0.05, 0.1) is 4.90 Å². The zero-order valence-electron chi connectivity index (χ0n) is 10.8. The number of hydrogen-bond donors (Lipinski definition) is 0. The second-order valence-electron chi connectivity index (χ2n) is 4.76. The molecule has 2 rings (SSSR count). The molecule has 0 radical (unpaired) electrons. The van der Waals surface area contributed by atoms with Gasteiger partial charge in [-0.25, -0.2) is 8.42 Å². The van der Waals surface area contributed by atoms with E-state index in [-0.39, 0.29) is 6.04 Å². The van der Waals surface area contributed by atoms with Crippen molar-refractivity contribution in [1.82, 2.24) is 4.31 Å². The van der Waals surface area contributed by atoms with E-state index >= 15 is 0 Å². The highest BCUT2D eigenvalue weighted by Gasteiger charge is 2.32. The van der Waals surface area contributed by atoms with Crippen molar-refractivity contribution < 1.29 is 8.42 Å². The van der Waals surface area contributed by atoms with Crippen molar-refractivity contribution >= 4 is 26.0 Å². The molecule has 0 aliphatic heterocycles. The van der Waals surface area contributed by atoms with E-state index in [1.807, 2.05) is 0 Å². The molecule has 1 aromatic carbocycles. The molecular weight excluding hydrogens is 326 g/mol. The van der Waals surface area contributed by atoms with Crippen molar-refractivity contribution in [2.24, 2.45) is 0 Å². The molecule has 1 fully saturated rings. The van der Waals surface area contributed by atoms with Gasteiger partial charge >= 0.3 is 0 Å². The zero-order chi connectivity index (χ0) is 13.9. The van der Waals surface area contributed by atoms with Crippen molar-refractivity contribution in [1.29, 1.82) is 0 Å². The molecule has 0 N–H and O–H groups in total. The summed E-state index contributed by atoms with van der Waals surface area (Å²) in [7, 11) is -3.42. The van der Waals surface area contributed by atoms with Crippen LogP contribution < -0.4 is 0 Å². The predicted molar refractivity (Wildman–Crippen MR) is 80.5 cm³/mol. The van der Waals surface area contributed by atoms with Crippen LogP contribution in [-0.4, -0.2) is 25.3 Å². The summed E-state index contributed by atoms with van der Waals surface area (Å²) in [6.07, 6.45) is 5.77. The first-order chi connectivity index (χ1) is 9.05.